The Balaban J connectivity index is 1.35. The minimum Gasteiger partial charge on any atom is -0.484 e. The van der Waals surface area contributed by atoms with Crippen molar-refractivity contribution in [2.45, 2.75) is 38.8 Å². The van der Waals surface area contributed by atoms with Crippen molar-refractivity contribution in [3.63, 3.8) is 0 Å². The van der Waals surface area contributed by atoms with Crippen molar-refractivity contribution in [3.8, 4) is 5.75 Å². The number of para-hydroxylation sites is 1. The standard InChI is InChI=1S/C25H27N3O2/c1-18-25(19(2)28(27-18)16-20-9-5-3-6-10-20)21-13-14-22(15-21)26-24(29)17-30-23-11-7-4-8-12-23/h3-14,21-22H,15-17H2,1-2H3,(H,26,29)/t21-,22-/m1/s1. The minimum atomic E-state index is -0.109. The molecule has 1 amide bonds. The maximum atomic E-state index is 12.3. The second kappa shape index (κ2) is 8.99. The van der Waals surface area contributed by atoms with E-state index in [1.807, 2.05) is 36.4 Å². The van der Waals surface area contributed by atoms with E-state index in [9.17, 15) is 4.79 Å². The van der Waals surface area contributed by atoms with Gasteiger partial charge in [-0.1, -0.05) is 60.7 Å². The van der Waals surface area contributed by atoms with Gasteiger partial charge in [0.25, 0.3) is 5.91 Å². The molecule has 5 heteroatoms. The number of rotatable bonds is 7. The number of ether oxygens (including phenoxy) is 1. The zero-order chi connectivity index (χ0) is 20.9. The van der Waals surface area contributed by atoms with E-state index in [0.29, 0.717) is 5.75 Å². The van der Waals surface area contributed by atoms with Crippen molar-refractivity contribution in [2.75, 3.05) is 6.61 Å². The van der Waals surface area contributed by atoms with Gasteiger partial charge < -0.3 is 10.1 Å². The second-order valence-electron chi connectivity index (χ2n) is 7.73. The van der Waals surface area contributed by atoms with Gasteiger partial charge in [-0.25, -0.2) is 0 Å². The van der Waals surface area contributed by atoms with E-state index in [1.165, 1.54) is 16.8 Å². The van der Waals surface area contributed by atoms with E-state index in [2.05, 4.69) is 60.3 Å². The SMILES string of the molecule is Cc1nn(Cc2ccccc2)c(C)c1[C@@H]1C=C[C@@H](NC(=O)COc2ccccc2)C1. The summed E-state index contributed by atoms with van der Waals surface area (Å²) in [4.78, 5) is 12.3. The first kappa shape index (κ1) is 20.0. The van der Waals surface area contributed by atoms with Gasteiger partial charge in [-0.05, 0) is 38.0 Å². The van der Waals surface area contributed by atoms with Crippen LogP contribution in [-0.2, 0) is 11.3 Å². The van der Waals surface area contributed by atoms with Crippen LogP contribution in [0.3, 0.4) is 0 Å². The Hall–Kier alpha value is -3.34. The number of carbonyl (C=O) groups excluding carboxylic acids is 1. The number of nitrogens with one attached hydrogen (secondary N) is 1. The Morgan fingerprint density at radius 2 is 1.77 bits per heavy atom. The van der Waals surface area contributed by atoms with Gasteiger partial charge in [-0.15, -0.1) is 0 Å². The number of aromatic nitrogens is 2. The van der Waals surface area contributed by atoms with Crippen LogP contribution in [0.1, 0.15) is 34.9 Å². The zero-order valence-corrected chi connectivity index (χ0v) is 17.4. The van der Waals surface area contributed by atoms with Crippen molar-refractivity contribution in [1.29, 1.82) is 0 Å². The van der Waals surface area contributed by atoms with Crippen LogP contribution in [0.15, 0.2) is 72.8 Å². The Labute approximate surface area is 177 Å². The molecule has 154 valence electrons. The minimum absolute atomic E-state index is 0.0122. The van der Waals surface area contributed by atoms with Crippen molar-refractivity contribution in [3.05, 3.63) is 95.3 Å². The van der Waals surface area contributed by atoms with Crippen LogP contribution >= 0.6 is 0 Å². The summed E-state index contributed by atoms with van der Waals surface area (Å²) in [5.74, 6) is 0.849. The number of hydrogen-bond donors (Lipinski definition) is 1. The molecule has 1 heterocycles. The van der Waals surface area contributed by atoms with Crippen molar-refractivity contribution < 1.29 is 9.53 Å². The molecule has 2 aromatic carbocycles. The zero-order valence-electron chi connectivity index (χ0n) is 17.4. The number of allylic oxidation sites excluding steroid dienone is 1. The molecular formula is C25H27N3O2. The summed E-state index contributed by atoms with van der Waals surface area (Å²) in [5.41, 5.74) is 4.74. The third kappa shape index (κ3) is 4.62. The first-order chi connectivity index (χ1) is 14.6. The molecule has 4 rings (SSSR count). The van der Waals surface area contributed by atoms with Crippen molar-refractivity contribution in [2.24, 2.45) is 0 Å². The summed E-state index contributed by atoms with van der Waals surface area (Å²) in [7, 11) is 0. The fourth-order valence-corrected chi connectivity index (χ4v) is 4.09. The van der Waals surface area contributed by atoms with E-state index in [1.54, 1.807) is 0 Å². The van der Waals surface area contributed by atoms with Crippen LogP contribution in [0.25, 0.3) is 0 Å². The fraction of sp³-hybridized carbons (Fsp3) is 0.280. The lowest BCUT2D eigenvalue weighted by Gasteiger charge is -2.15. The van der Waals surface area contributed by atoms with E-state index in [-0.39, 0.29) is 24.5 Å². The summed E-state index contributed by atoms with van der Waals surface area (Å²) >= 11 is 0. The molecule has 5 nitrogen and oxygen atoms in total. The van der Waals surface area contributed by atoms with Gasteiger partial charge in [0.2, 0.25) is 0 Å². The van der Waals surface area contributed by atoms with Crippen LogP contribution in [0.5, 0.6) is 5.75 Å². The van der Waals surface area contributed by atoms with E-state index < -0.39 is 0 Å². The topological polar surface area (TPSA) is 56.2 Å². The summed E-state index contributed by atoms with van der Waals surface area (Å²) in [6.07, 6.45) is 5.11. The molecule has 0 unspecified atom stereocenters. The molecule has 2 atom stereocenters. The summed E-state index contributed by atoms with van der Waals surface area (Å²) in [5, 5.41) is 7.83. The molecule has 0 saturated heterocycles. The second-order valence-corrected chi connectivity index (χ2v) is 7.73. The molecule has 0 radical (unpaired) electrons. The largest absolute Gasteiger partial charge is 0.484 e. The van der Waals surface area contributed by atoms with Crippen LogP contribution in [0.2, 0.25) is 0 Å². The number of carbonyl (C=O) groups is 1. The molecule has 1 aliphatic rings. The predicted molar refractivity (Wildman–Crippen MR) is 118 cm³/mol. The molecule has 0 fully saturated rings. The average molecular weight is 402 g/mol. The summed E-state index contributed by atoms with van der Waals surface area (Å²) in [6, 6.07) is 19.8. The third-order valence-electron chi connectivity index (χ3n) is 5.53. The Kier molecular flexibility index (Phi) is 5.98. The van der Waals surface area contributed by atoms with Gasteiger partial charge in [0, 0.05) is 23.2 Å². The lowest BCUT2D eigenvalue weighted by molar-refractivity contribution is -0.123. The highest BCUT2D eigenvalue weighted by molar-refractivity contribution is 5.78. The maximum absolute atomic E-state index is 12.3. The van der Waals surface area contributed by atoms with E-state index >= 15 is 0 Å². The first-order valence-electron chi connectivity index (χ1n) is 10.3. The first-order valence-corrected chi connectivity index (χ1v) is 10.3. The molecule has 30 heavy (non-hydrogen) atoms. The third-order valence-corrected chi connectivity index (χ3v) is 5.53. The fourth-order valence-electron chi connectivity index (χ4n) is 4.09. The van der Waals surface area contributed by atoms with Crippen LogP contribution in [0.4, 0.5) is 0 Å². The quantitative estimate of drug-likeness (QED) is 0.605. The average Bonchev–Trinajstić information content (AvgIpc) is 3.31. The monoisotopic (exact) mass is 401 g/mol. The van der Waals surface area contributed by atoms with Gasteiger partial charge in [-0.2, -0.15) is 5.10 Å². The maximum Gasteiger partial charge on any atom is 0.258 e. The van der Waals surface area contributed by atoms with Gasteiger partial charge in [0.1, 0.15) is 5.75 Å². The number of nitrogens with zero attached hydrogens (tertiary/aromatic N) is 2. The Morgan fingerprint density at radius 1 is 1.07 bits per heavy atom. The molecule has 0 spiro atoms. The lowest BCUT2D eigenvalue weighted by Crippen LogP contribution is -2.36. The Bertz CT molecular complexity index is 1030. The molecule has 1 aliphatic carbocycles. The number of hydrogen-bond acceptors (Lipinski definition) is 3. The molecule has 1 aromatic heterocycles. The van der Waals surface area contributed by atoms with Gasteiger partial charge in [0.05, 0.1) is 12.2 Å². The van der Waals surface area contributed by atoms with Crippen LogP contribution in [0, 0.1) is 13.8 Å². The van der Waals surface area contributed by atoms with E-state index in [4.69, 9.17) is 9.84 Å². The lowest BCUT2D eigenvalue weighted by atomic mass is 9.96. The van der Waals surface area contributed by atoms with Crippen LogP contribution in [-0.4, -0.2) is 28.3 Å². The molecule has 0 aliphatic heterocycles. The highest BCUT2D eigenvalue weighted by Gasteiger charge is 2.26. The predicted octanol–water partition coefficient (Wildman–Crippen LogP) is 4.16. The van der Waals surface area contributed by atoms with Crippen LogP contribution < -0.4 is 10.1 Å². The molecule has 0 saturated carbocycles. The number of amides is 1. The van der Waals surface area contributed by atoms with Crippen molar-refractivity contribution in [1.82, 2.24) is 15.1 Å². The van der Waals surface area contributed by atoms with Gasteiger partial charge >= 0.3 is 0 Å². The highest BCUT2D eigenvalue weighted by atomic mass is 16.5. The van der Waals surface area contributed by atoms with Gasteiger partial charge in [-0.3, -0.25) is 9.48 Å². The van der Waals surface area contributed by atoms with Gasteiger partial charge in [0.15, 0.2) is 6.61 Å². The smallest absolute Gasteiger partial charge is 0.258 e. The summed E-state index contributed by atoms with van der Waals surface area (Å²) in [6.45, 7) is 4.98. The van der Waals surface area contributed by atoms with E-state index in [0.717, 1.165) is 18.7 Å². The van der Waals surface area contributed by atoms with Crippen molar-refractivity contribution >= 4 is 5.91 Å². The number of benzene rings is 2. The summed E-state index contributed by atoms with van der Waals surface area (Å²) < 4.78 is 7.62. The molecule has 0 bridgehead atoms. The highest BCUT2D eigenvalue weighted by Crippen LogP contribution is 2.33. The molecule has 3 aromatic rings. The normalized spacial score (nSPS) is 17.8. The molecule has 1 N–H and O–H groups in total. The Morgan fingerprint density at radius 3 is 2.50 bits per heavy atom. The molecular weight excluding hydrogens is 374 g/mol. The number of aryl methyl sites for hydroxylation is 1.